The van der Waals surface area contributed by atoms with Gasteiger partial charge in [0.25, 0.3) is 0 Å². The van der Waals surface area contributed by atoms with Crippen molar-refractivity contribution in [2.24, 2.45) is 5.73 Å². The second-order valence-electron chi connectivity index (χ2n) is 4.08. The maximum Gasteiger partial charge on any atom is 0.239 e. The Morgan fingerprint density at radius 3 is 2.35 bits per heavy atom. The molecule has 4 N–H and O–H groups in total. The summed E-state index contributed by atoms with van der Waals surface area (Å²) >= 11 is 0. The molecule has 0 aromatic rings. The summed E-state index contributed by atoms with van der Waals surface area (Å²) in [6, 6.07) is 0. The van der Waals surface area contributed by atoms with Crippen molar-refractivity contribution in [3.8, 4) is 0 Å². The molecule has 0 unspecified atom stereocenters. The highest BCUT2D eigenvalue weighted by molar-refractivity contribution is 5.84. The summed E-state index contributed by atoms with van der Waals surface area (Å²) in [5.74, 6) is -0.173. The van der Waals surface area contributed by atoms with E-state index < -0.39 is 0 Å². The van der Waals surface area contributed by atoms with Crippen molar-refractivity contribution < 1.29 is 9.59 Å². The average Bonchev–Trinajstić information content (AvgIpc) is 2.33. The molecule has 0 rings (SSSR count). The number of nitrogens with two attached hydrogens (primary N) is 1. The van der Waals surface area contributed by atoms with Gasteiger partial charge in [0, 0.05) is 13.0 Å². The van der Waals surface area contributed by atoms with Gasteiger partial charge in [-0.1, -0.05) is 19.8 Å². The molecular formula is C12H25N3O2. The first kappa shape index (κ1) is 15.9. The summed E-state index contributed by atoms with van der Waals surface area (Å²) in [5, 5.41) is 5.31. The molecule has 0 spiro atoms. The van der Waals surface area contributed by atoms with Gasteiger partial charge >= 0.3 is 0 Å². The summed E-state index contributed by atoms with van der Waals surface area (Å²) in [6.07, 6.45) is 5.36. The molecule has 100 valence electrons. The summed E-state index contributed by atoms with van der Waals surface area (Å²) < 4.78 is 0. The van der Waals surface area contributed by atoms with Crippen LogP contribution in [0.4, 0.5) is 0 Å². The third kappa shape index (κ3) is 11.2. The number of carbonyl (C=O) groups is 2. The number of nitrogens with one attached hydrogen (secondary N) is 2. The predicted octanol–water partition coefficient (Wildman–Crippen LogP) is 0.538. The van der Waals surface area contributed by atoms with Crippen LogP contribution < -0.4 is 16.4 Å². The smallest absolute Gasteiger partial charge is 0.239 e. The van der Waals surface area contributed by atoms with E-state index in [1.807, 2.05) is 6.92 Å². The minimum Gasteiger partial charge on any atom is -0.355 e. The van der Waals surface area contributed by atoms with Crippen molar-refractivity contribution in [1.82, 2.24) is 10.6 Å². The summed E-state index contributed by atoms with van der Waals surface area (Å²) in [6.45, 7) is 3.44. The van der Waals surface area contributed by atoms with Gasteiger partial charge in [-0.3, -0.25) is 9.59 Å². The zero-order valence-electron chi connectivity index (χ0n) is 10.8. The van der Waals surface area contributed by atoms with Crippen LogP contribution in [0.2, 0.25) is 0 Å². The highest BCUT2D eigenvalue weighted by Gasteiger charge is 2.04. The molecular weight excluding hydrogens is 218 g/mol. The summed E-state index contributed by atoms with van der Waals surface area (Å²) in [5.41, 5.74) is 5.37. The number of hydrogen-bond donors (Lipinski definition) is 3. The second kappa shape index (κ2) is 11.4. The fraction of sp³-hybridized carbons (Fsp3) is 0.833. The Hall–Kier alpha value is -1.10. The first-order valence-corrected chi connectivity index (χ1v) is 6.44. The molecule has 0 saturated heterocycles. The van der Waals surface area contributed by atoms with E-state index in [4.69, 9.17) is 5.73 Å². The van der Waals surface area contributed by atoms with Gasteiger partial charge in [0.05, 0.1) is 6.54 Å². The summed E-state index contributed by atoms with van der Waals surface area (Å²) in [4.78, 5) is 22.5. The van der Waals surface area contributed by atoms with Crippen LogP contribution in [-0.4, -0.2) is 31.4 Å². The van der Waals surface area contributed by atoms with Crippen molar-refractivity contribution in [2.75, 3.05) is 19.6 Å². The molecule has 2 amide bonds. The van der Waals surface area contributed by atoms with Gasteiger partial charge in [-0.15, -0.1) is 0 Å². The monoisotopic (exact) mass is 243 g/mol. The standard InChI is InChI=1S/C12H25N3O2/c1-2-9-14-12(17)10-15-11(16)7-5-3-4-6-8-13/h2-10,13H2,1H3,(H,14,17)(H,15,16). The minimum atomic E-state index is -0.122. The lowest BCUT2D eigenvalue weighted by molar-refractivity contribution is -0.126. The van der Waals surface area contributed by atoms with Crippen LogP contribution in [0.3, 0.4) is 0 Å². The lowest BCUT2D eigenvalue weighted by Crippen LogP contribution is -2.37. The number of rotatable bonds is 10. The number of carbonyl (C=O) groups excluding carboxylic acids is 2. The molecule has 0 aromatic heterocycles. The van der Waals surface area contributed by atoms with E-state index in [1.165, 1.54) is 0 Å². The van der Waals surface area contributed by atoms with Gasteiger partial charge in [0.1, 0.15) is 0 Å². The molecule has 0 aromatic carbocycles. The molecule has 0 radical (unpaired) electrons. The highest BCUT2D eigenvalue weighted by atomic mass is 16.2. The van der Waals surface area contributed by atoms with Crippen LogP contribution in [0.15, 0.2) is 0 Å². The Balaban J connectivity index is 3.36. The molecule has 0 aliphatic rings. The second-order valence-corrected chi connectivity index (χ2v) is 4.08. The van der Waals surface area contributed by atoms with E-state index in [0.717, 1.165) is 32.1 Å². The predicted molar refractivity (Wildman–Crippen MR) is 68.4 cm³/mol. The molecule has 0 aliphatic carbocycles. The fourth-order valence-electron chi connectivity index (χ4n) is 1.38. The number of hydrogen-bond acceptors (Lipinski definition) is 3. The van der Waals surface area contributed by atoms with Gasteiger partial charge in [-0.2, -0.15) is 0 Å². The van der Waals surface area contributed by atoms with Crippen LogP contribution in [0.25, 0.3) is 0 Å². The third-order valence-corrected chi connectivity index (χ3v) is 2.38. The first-order valence-electron chi connectivity index (χ1n) is 6.44. The number of unbranched alkanes of at least 4 members (excludes halogenated alkanes) is 3. The maximum absolute atomic E-state index is 11.3. The Morgan fingerprint density at radius 2 is 1.71 bits per heavy atom. The minimum absolute atomic E-state index is 0.0515. The van der Waals surface area contributed by atoms with E-state index in [1.54, 1.807) is 0 Å². The van der Waals surface area contributed by atoms with Gasteiger partial charge in [0.2, 0.25) is 11.8 Å². The van der Waals surface area contributed by atoms with Crippen molar-refractivity contribution >= 4 is 11.8 Å². The Bertz CT molecular complexity index is 220. The van der Waals surface area contributed by atoms with Crippen LogP contribution in [-0.2, 0) is 9.59 Å². The van der Waals surface area contributed by atoms with Gasteiger partial charge in [0.15, 0.2) is 0 Å². The fourth-order valence-corrected chi connectivity index (χ4v) is 1.38. The third-order valence-electron chi connectivity index (χ3n) is 2.38. The van der Waals surface area contributed by atoms with Crippen molar-refractivity contribution in [2.45, 2.75) is 45.4 Å². The topological polar surface area (TPSA) is 84.2 Å². The van der Waals surface area contributed by atoms with Gasteiger partial charge in [-0.25, -0.2) is 0 Å². The lowest BCUT2D eigenvalue weighted by Gasteiger charge is -2.05. The molecule has 0 aliphatic heterocycles. The van der Waals surface area contributed by atoms with Gasteiger partial charge in [-0.05, 0) is 25.8 Å². The van der Waals surface area contributed by atoms with Crippen LogP contribution in [0.1, 0.15) is 45.4 Å². The Kier molecular flexibility index (Phi) is 10.7. The molecule has 17 heavy (non-hydrogen) atoms. The van der Waals surface area contributed by atoms with E-state index in [-0.39, 0.29) is 18.4 Å². The van der Waals surface area contributed by atoms with E-state index in [0.29, 0.717) is 19.5 Å². The molecule has 5 nitrogen and oxygen atoms in total. The van der Waals surface area contributed by atoms with E-state index in [9.17, 15) is 9.59 Å². The number of amides is 2. The largest absolute Gasteiger partial charge is 0.355 e. The molecule has 0 fully saturated rings. The van der Waals surface area contributed by atoms with Crippen molar-refractivity contribution in [3.63, 3.8) is 0 Å². The molecule has 0 bridgehead atoms. The normalized spacial score (nSPS) is 10.0. The van der Waals surface area contributed by atoms with Crippen LogP contribution >= 0.6 is 0 Å². The zero-order valence-corrected chi connectivity index (χ0v) is 10.8. The van der Waals surface area contributed by atoms with Crippen molar-refractivity contribution in [1.29, 1.82) is 0 Å². The van der Waals surface area contributed by atoms with Crippen LogP contribution in [0, 0.1) is 0 Å². The summed E-state index contributed by atoms with van der Waals surface area (Å²) in [7, 11) is 0. The zero-order chi connectivity index (χ0) is 12.9. The molecule has 0 atom stereocenters. The molecule has 5 heteroatoms. The van der Waals surface area contributed by atoms with Gasteiger partial charge < -0.3 is 16.4 Å². The Labute approximate surface area is 104 Å². The molecule has 0 saturated carbocycles. The maximum atomic E-state index is 11.3. The molecule has 0 heterocycles. The lowest BCUT2D eigenvalue weighted by atomic mass is 10.1. The SMILES string of the molecule is CCCNC(=O)CNC(=O)CCCCCCN. The first-order chi connectivity index (χ1) is 8.20. The highest BCUT2D eigenvalue weighted by Crippen LogP contribution is 2.01. The quantitative estimate of drug-likeness (QED) is 0.490. The van der Waals surface area contributed by atoms with E-state index >= 15 is 0 Å². The van der Waals surface area contributed by atoms with Crippen LogP contribution in [0.5, 0.6) is 0 Å². The van der Waals surface area contributed by atoms with Crippen molar-refractivity contribution in [3.05, 3.63) is 0 Å². The average molecular weight is 243 g/mol. The Morgan fingerprint density at radius 1 is 1.00 bits per heavy atom. The van der Waals surface area contributed by atoms with E-state index in [2.05, 4.69) is 10.6 Å².